The second kappa shape index (κ2) is 9.35. The van der Waals surface area contributed by atoms with Crippen LogP contribution in [0, 0.1) is 11.8 Å². The quantitative estimate of drug-likeness (QED) is 0.625. The standard InChI is InChI=1S/C16H31NO2/c1-3-4-5-6-7-13(2)17-12-14-8-10-15(11-9-14)16(18)19/h13-15,17H,3-12H2,1-2H3,(H,18,19). The summed E-state index contributed by atoms with van der Waals surface area (Å²) in [5, 5.41) is 12.6. The van der Waals surface area contributed by atoms with Crippen LogP contribution in [0.5, 0.6) is 0 Å². The molecule has 112 valence electrons. The largest absolute Gasteiger partial charge is 0.481 e. The van der Waals surface area contributed by atoms with Crippen LogP contribution >= 0.6 is 0 Å². The third kappa shape index (κ3) is 6.95. The number of nitrogens with one attached hydrogen (secondary N) is 1. The third-order valence-corrected chi connectivity index (χ3v) is 4.44. The lowest BCUT2D eigenvalue weighted by Crippen LogP contribution is -2.33. The van der Waals surface area contributed by atoms with Gasteiger partial charge in [0.25, 0.3) is 0 Å². The topological polar surface area (TPSA) is 49.3 Å². The van der Waals surface area contributed by atoms with E-state index in [0.717, 1.165) is 32.2 Å². The Morgan fingerprint density at radius 3 is 2.47 bits per heavy atom. The Morgan fingerprint density at radius 2 is 1.89 bits per heavy atom. The van der Waals surface area contributed by atoms with Crippen LogP contribution in [0.4, 0.5) is 0 Å². The van der Waals surface area contributed by atoms with Crippen LogP contribution in [0.1, 0.15) is 71.6 Å². The van der Waals surface area contributed by atoms with E-state index in [0.29, 0.717) is 12.0 Å². The zero-order valence-corrected chi connectivity index (χ0v) is 12.7. The second-order valence-corrected chi connectivity index (χ2v) is 6.21. The van der Waals surface area contributed by atoms with E-state index < -0.39 is 5.97 Å². The van der Waals surface area contributed by atoms with E-state index >= 15 is 0 Å². The molecule has 3 nitrogen and oxygen atoms in total. The maximum atomic E-state index is 10.9. The zero-order valence-electron chi connectivity index (χ0n) is 12.7. The second-order valence-electron chi connectivity index (χ2n) is 6.21. The number of unbranched alkanes of at least 4 members (excludes halogenated alkanes) is 3. The Hall–Kier alpha value is -0.570. The van der Waals surface area contributed by atoms with Crippen molar-refractivity contribution in [2.24, 2.45) is 11.8 Å². The molecule has 1 fully saturated rings. The van der Waals surface area contributed by atoms with Gasteiger partial charge in [-0.15, -0.1) is 0 Å². The fourth-order valence-corrected chi connectivity index (χ4v) is 2.96. The van der Waals surface area contributed by atoms with E-state index in [1.54, 1.807) is 0 Å². The minimum Gasteiger partial charge on any atom is -0.481 e. The van der Waals surface area contributed by atoms with Gasteiger partial charge in [0.05, 0.1) is 5.92 Å². The number of aliphatic carboxylic acids is 1. The summed E-state index contributed by atoms with van der Waals surface area (Å²) in [4.78, 5) is 10.9. The molecule has 2 N–H and O–H groups in total. The third-order valence-electron chi connectivity index (χ3n) is 4.44. The van der Waals surface area contributed by atoms with Crippen LogP contribution in [0.25, 0.3) is 0 Å². The Kier molecular flexibility index (Phi) is 8.11. The average molecular weight is 269 g/mol. The Morgan fingerprint density at radius 1 is 1.21 bits per heavy atom. The molecule has 0 bridgehead atoms. The summed E-state index contributed by atoms with van der Waals surface area (Å²) in [6.07, 6.45) is 10.5. The maximum Gasteiger partial charge on any atom is 0.306 e. The molecular formula is C16H31NO2. The molecule has 0 radical (unpaired) electrons. The number of carbonyl (C=O) groups is 1. The molecule has 1 aliphatic rings. The van der Waals surface area contributed by atoms with Crippen molar-refractivity contribution < 1.29 is 9.90 Å². The lowest BCUT2D eigenvalue weighted by molar-refractivity contribution is -0.143. The van der Waals surface area contributed by atoms with E-state index in [1.807, 2.05) is 0 Å². The van der Waals surface area contributed by atoms with Crippen LogP contribution in [-0.2, 0) is 4.79 Å². The van der Waals surface area contributed by atoms with E-state index in [4.69, 9.17) is 5.11 Å². The molecule has 1 atom stereocenters. The highest BCUT2D eigenvalue weighted by atomic mass is 16.4. The van der Waals surface area contributed by atoms with Crippen molar-refractivity contribution in [2.75, 3.05) is 6.54 Å². The van der Waals surface area contributed by atoms with Crippen molar-refractivity contribution in [3.63, 3.8) is 0 Å². The molecule has 1 aliphatic carbocycles. The zero-order chi connectivity index (χ0) is 14.1. The first-order valence-corrected chi connectivity index (χ1v) is 8.09. The van der Waals surface area contributed by atoms with Gasteiger partial charge >= 0.3 is 5.97 Å². The van der Waals surface area contributed by atoms with Crippen molar-refractivity contribution in [1.82, 2.24) is 5.32 Å². The van der Waals surface area contributed by atoms with Crippen LogP contribution in [0.2, 0.25) is 0 Å². The Balaban J connectivity index is 2.05. The number of carboxylic acids is 1. The normalized spacial score (nSPS) is 25.2. The minimum absolute atomic E-state index is 0.0808. The molecule has 0 aromatic carbocycles. The van der Waals surface area contributed by atoms with E-state index in [2.05, 4.69) is 19.2 Å². The molecule has 19 heavy (non-hydrogen) atoms. The van der Waals surface area contributed by atoms with Gasteiger partial charge in [0, 0.05) is 6.04 Å². The van der Waals surface area contributed by atoms with Gasteiger partial charge in [-0.1, -0.05) is 32.6 Å². The van der Waals surface area contributed by atoms with Crippen molar-refractivity contribution in [3.8, 4) is 0 Å². The van der Waals surface area contributed by atoms with E-state index in [1.165, 1.54) is 32.1 Å². The smallest absolute Gasteiger partial charge is 0.306 e. The van der Waals surface area contributed by atoms with Crippen LogP contribution < -0.4 is 5.32 Å². The maximum absolute atomic E-state index is 10.9. The summed E-state index contributed by atoms with van der Waals surface area (Å²) in [6, 6.07) is 0.606. The molecule has 0 aromatic heterocycles. The summed E-state index contributed by atoms with van der Waals surface area (Å²) in [6.45, 7) is 5.59. The summed E-state index contributed by atoms with van der Waals surface area (Å²) < 4.78 is 0. The molecule has 0 aromatic rings. The molecule has 0 saturated heterocycles. The van der Waals surface area contributed by atoms with Gasteiger partial charge < -0.3 is 10.4 Å². The summed E-state index contributed by atoms with van der Waals surface area (Å²) in [7, 11) is 0. The van der Waals surface area contributed by atoms with Gasteiger partial charge in [-0.25, -0.2) is 0 Å². The number of hydrogen-bond donors (Lipinski definition) is 2. The van der Waals surface area contributed by atoms with Crippen molar-refractivity contribution in [3.05, 3.63) is 0 Å². The molecule has 0 heterocycles. The number of hydrogen-bond acceptors (Lipinski definition) is 2. The fraction of sp³-hybridized carbons (Fsp3) is 0.938. The lowest BCUT2D eigenvalue weighted by atomic mass is 9.82. The molecule has 0 aliphatic heterocycles. The van der Waals surface area contributed by atoms with Crippen LogP contribution in [-0.4, -0.2) is 23.7 Å². The molecule has 0 amide bonds. The van der Waals surface area contributed by atoms with Crippen LogP contribution in [0.3, 0.4) is 0 Å². The fourth-order valence-electron chi connectivity index (χ4n) is 2.96. The molecule has 1 unspecified atom stereocenters. The highest BCUT2D eigenvalue weighted by molar-refractivity contribution is 5.69. The first-order chi connectivity index (χ1) is 9.13. The van der Waals surface area contributed by atoms with Gasteiger partial charge in [0.15, 0.2) is 0 Å². The molecule has 1 rings (SSSR count). The molecule has 0 spiro atoms. The summed E-state index contributed by atoms with van der Waals surface area (Å²) in [5.41, 5.74) is 0. The summed E-state index contributed by atoms with van der Waals surface area (Å²) >= 11 is 0. The summed E-state index contributed by atoms with van der Waals surface area (Å²) in [5.74, 6) is 0.00658. The SMILES string of the molecule is CCCCCCC(C)NCC1CCC(C(=O)O)CC1. The number of carboxylic acid groups (broad SMARTS) is 1. The average Bonchev–Trinajstić information content (AvgIpc) is 2.42. The molecule has 1 saturated carbocycles. The predicted octanol–water partition coefficient (Wildman–Crippen LogP) is 3.83. The van der Waals surface area contributed by atoms with Gasteiger partial charge in [0.2, 0.25) is 0 Å². The lowest BCUT2D eigenvalue weighted by Gasteiger charge is -2.27. The highest BCUT2D eigenvalue weighted by Crippen LogP contribution is 2.28. The van der Waals surface area contributed by atoms with Gasteiger partial charge in [-0.3, -0.25) is 4.79 Å². The highest BCUT2D eigenvalue weighted by Gasteiger charge is 2.25. The molecular weight excluding hydrogens is 238 g/mol. The van der Waals surface area contributed by atoms with E-state index in [9.17, 15) is 4.79 Å². The molecule has 3 heteroatoms. The van der Waals surface area contributed by atoms with Gasteiger partial charge in [0.1, 0.15) is 0 Å². The minimum atomic E-state index is -0.601. The number of rotatable bonds is 9. The van der Waals surface area contributed by atoms with Crippen molar-refractivity contribution in [2.45, 2.75) is 77.7 Å². The van der Waals surface area contributed by atoms with E-state index in [-0.39, 0.29) is 5.92 Å². The monoisotopic (exact) mass is 269 g/mol. The van der Waals surface area contributed by atoms with Gasteiger partial charge in [-0.05, 0) is 51.5 Å². The van der Waals surface area contributed by atoms with Crippen molar-refractivity contribution in [1.29, 1.82) is 0 Å². The first-order valence-electron chi connectivity index (χ1n) is 8.09. The predicted molar refractivity (Wildman–Crippen MR) is 79.3 cm³/mol. The first kappa shape index (κ1) is 16.5. The Labute approximate surface area is 118 Å². The van der Waals surface area contributed by atoms with Gasteiger partial charge in [-0.2, -0.15) is 0 Å². The Bertz CT molecular complexity index is 247. The van der Waals surface area contributed by atoms with Crippen molar-refractivity contribution >= 4 is 5.97 Å². The van der Waals surface area contributed by atoms with Crippen LogP contribution in [0.15, 0.2) is 0 Å².